The van der Waals surface area contributed by atoms with Crippen molar-refractivity contribution in [2.45, 2.75) is 19.0 Å². The Morgan fingerprint density at radius 1 is 1.17 bits per heavy atom. The molecule has 0 radical (unpaired) electrons. The fourth-order valence-electron chi connectivity index (χ4n) is 2.56. The van der Waals surface area contributed by atoms with Crippen LogP contribution < -0.4 is 15.2 Å². The molecule has 2 aromatic carbocycles. The molecule has 1 heterocycles. The second-order valence-electron chi connectivity index (χ2n) is 5.66. The van der Waals surface area contributed by atoms with E-state index in [0.717, 1.165) is 22.6 Å². The van der Waals surface area contributed by atoms with Crippen molar-refractivity contribution in [3.63, 3.8) is 0 Å². The van der Waals surface area contributed by atoms with E-state index in [1.54, 1.807) is 11.9 Å². The highest BCUT2D eigenvalue weighted by molar-refractivity contribution is 5.85. The summed E-state index contributed by atoms with van der Waals surface area (Å²) >= 11 is 0. The Labute approximate surface area is 147 Å². The number of nitrogens with zero attached hydrogens (tertiary/aromatic N) is 1. The Kier molecular flexibility index (Phi) is 6.06. The molecule has 1 aliphatic heterocycles. The first-order valence-electron chi connectivity index (χ1n) is 7.56. The minimum Gasteiger partial charge on any atom is -0.454 e. The molecule has 1 amide bonds. The van der Waals surface area contributed by atoms with Crippen molar-refractivity contribution in [3.05, 3.63) is 59.7 Å². The lowest BCUT2D eigenvalue weighted by Gasteiger charge is -2.20. The van der Waals surface area contributed by atoms with Gasteiger partial charge in [-0.1, -0.05) is 36.4 Å². The molecule has 6 heteroatoms. The molecule has 0 saturated carbocycles. The summed E-state index contributed by atoms with van der Waals surface area (Å²) in [6, 6.07) is 15.1. The Balaban J connectivity index is 0.00000208. The van der Waals surface area contributed by atoms with Crippen LogP contribution in [-0.4, -0.2) is 24.6 Å². The summed E-state index contributed by atoms with van der Waals surface area (Å²) in [5.41, 5.74) is 8.09. The predicted octanol–water partition coefficient (Wildman–Crippen LogP) is 2.89. The van der Waals surface area contributed by atoms with Gasteiger partial charge in [-0.15, -0.1) is 12.4 Å². The molecule has 1 atom stereocenters. The summed E-state index contributed by atoms with van der Waals surface area (Å²) in [5, 5.41) is 0. The smallest absolute Gasteiger partial charge is 0.231 e. The molecule has 1 aliphatic rings. The molecule has 0 aliphatic carbocycles. The lowest BCUT2D eigenvalue weighted by molar-refractivity contribution is -0.130. The van der Waals surface area contributed by atoms with Crippen LogP contribution in [0.15, 0.2) is 48.5 Å². The third-order valence-corrected chi connectivity index (χ3v) is 3.90. The number of benzene rings is 2. The van der Waals surface area contributed by atoms with Crippen LogP contribution in [0.5, 0.6) is 11.5 Å². The summed E-state index contributed by atoms with van der Waals surface area (Å²) < 4.78 is 10.6. The first kappa shape index (κ1) is 18.1. The average molecular weight is 349 g/mol. The van der Waals surface area contributed by atoms with Gasteiger partial charge in [0.05, 0.1) is 0 Å². The van der Waals surface area contributed by atoms with E-state index in [2.05, 4.69) is 0 Å². The normalized spacial score (nSPS) is 13.1. The highest BCUT2D eigenvalue weighted by atomic mass is 35.5. The van der Waals surface area contributed by atoms with Gasteiger partial charge in [0.2, 0.25) is 12.7 Å². The number of halogens is 1. The standard InChI is InChI=1S/C18H20N2O3.ClH/c1-20(11-13-7-8-16-17(9-13)23-12-22-16)18(21)10-15(19)14-5-3-2-4-6-14;/h2-9,15H,10-12,19H2,1H3;1H. The van der Waals surface area contributed by atoms with Crippen LogP contribution in [0.1, 0.15) is 23.6 Å². The van der Waals surface area contributed by atoms with E-state index in [1.165, 1.54) is 0 Å². The summed E-state index contributed by atoms with van der Waals surface area (Å²) in [6.45, 7) is 0.760. The number of carbonyl (C=O) groups excluding carboxylic acids is 1. The second kappa shape index (κ2) is 8.04. The van der Waals surface area contributed by atoms with Gasteiger partial charge in [-0.2, -0.15) is 0 Å². The van der Waals surface area contributed by atoms with Gasteiger partial charge in [0, 0.05) is 26.1 Å². The summed E-state index contributed by atoms with van der Waals surface area (Å²) in [7, 11) is 1.78. The fraction of sp³-hybridized carbons (Fsp3) is 0.278. The van der Waals surface area contributed by atoms with E-state index in [9.17, 15) is 4.79 Å². The maximum absolute atomic E-state index is 12.4. The molecular formula is C18H21ClN2O3. The molecule has 0 aromatic heterocycles. The molecule has 0 bridgehead atoms. The lowest BCUT2D eigenvalue weighted by atomic mass is 10.0. The molecule has 3 rings (SSSR count). The molecule has 0 spiro atoms. The molecule has 5 nitrogen and oxygen atoms in total. The zero-order valence-electron chi connectivity index (χ0n) is 13.5. The van der Waals surface area contributed by atoms with E-state index in [-0.39, 0.29) is 37.6 Å². The zero-order chi connectivity index (χ0) is 16.2. The van der Waals surface area contributed by atoms with Crippen LogP contribution in [0.2, 0.25) is 0 Å². The fourth-order valence-corrected chi connectivity index (χ4v) is 2.56. The molecule has 128 valence electrons. The number of rotatable bonds is 5. The van der Waals surface area contributed by atoms with E-state index < -0.39 is 0 Å². The second-order valence-corrected chi connectivity index (χ2v) is 5.66. The molecule has 1 unspecified atom stereocenters. The first-order chi connectivity index (χ1) is 11.1. The number of ether oxygens (including phenoxy) is 2. The van der Waals surface area contributed by atoms with Crippen LogP contribution in [0.3, 0.4) is 0 Å². The third-order valence-electron chi connectivity index (χ3n) is 3.90. The van der Waals surface area contributed by atoms with E-state index in [4.69, 9.17) is 15.2 Å². The number of fused-ring (bicyclic) bond motifs is 1. The van der Waals surface area contributed by atoms with Crippen molar-refractivity contribution in [2.75, 3.05) is 13.8 Å². The summed E-state index contributed by atoms with van der Waals surface area (Å²) in [6.07, 6.45) is 0.283. The summed E-state index contributed by atoms with van der Waals surface area (Å²) in [5.74, 6) is 1.48. The Hall–Kier alpha value is -2.24. The molecule has 2 N–H and O–H groups in total. The molecule has 24 heavy (non-hydrogen) atoms. The quantitative estimate of drug-likeness (QED) is 0.902. The number of nitrogens with two attached hydrogens (primary N) is 1. The van der Waals surface area contributed by atoms with Crippen molar-refractivity contribution in [3.8, 4) is 11.5 Å². The Bertz CT molecular complexity index is 694. The molecular weight excluding hydrogens is 328 g/mol. The molecule has 0 fully saturated rings. The number of hydrogen-bond acceptors (Lipinski definition) is 4. The highest BCUT2D eigenvalue weighted by Gasteiger charge is 2.17. The number of carbonyl (C=O) groups is 1. The summed E-state index contributed by atoms with van der Waals surface area (Å²) in [4.78, 5) is 14.0. The van der Waals surface area contributed by atoms with Gasteiger partial charge in [-0.25, -0.2) is 0 Å². The first-order valence-corrected chi connectivity index (χ1v) is 7.56. The van der Waals surface area contributed by atoms with Crippen molar-refractivity contribution >= 4 is 18.3 Å². The van der Waals surface area contributed by atoms with Gasteiger partial charge in [-0.05, 0) is 23.3 Å². The zero-order valence-corrected chi connectivity index (χ0v) is 14.3. The van der Waals surface area contributed by atoms with Crippen LogP contribution in [0, 0.1) is 0 Å². The Morgan fingerprint density at radius 2 is 1.88 bits per heavy atom. The predicted molar refractivity (Wildman–Crippen MR) is 94.3 cm³/mol. The van der Waals surface area contributed by atoms with Gasteiger partial charge < -0.3 is 20.1 Å². The van der Waals surface area contributed by atoms with Crippen LogP contribution >= 0.6 is 12.4 Å². The highest BCUT2D eigenvalue weighted by Crippen LogP contribution is 2.32. The van der Waals surface area contributed by atoms with E-state index in [0.29, 0.717) is 6.54 Å². The number of amides is 1. The van der Waals surface area contributed by atoms with Crippen LogP contribution in [-0.2, 0) is 11.3 Å². The minimum atomic E-state index is -0.289. The number of hydrogen-bond donors (Lipinski definition) is 1. The monoisotopic (exact) mass is 348 g/mol. The molecule has 2 aromatic rings. The van der Waals surface area contributed by atoms with Crippen LogP contribution in [0.25, 0.3) is 0 Å². The van der Waals surface area contributed by atoms with Crippen molar-refractivity contribution in [1.82, 2.24) is 4.90 Å². The topological polar surface area (TPSA) is 64.8 Å². The van der Waals surface area contributed by atoms with E-state index >= 15 is 0 Å². The van der Waals surface area contributed by atoms with Crippen molar-refractivity contribution in [2.24, 2.45) is 5.73 Å². The lowest BCUT2D eigenvalue weighted by Crippen LogP contribution is -2.29. The maximum Gasteiger partial charge on any atom is 0.231 e. The van der Waals surface area contributed by atoms with Gasteiger partial charge in [0.15, 0.2) is 11.5 Å². The average Bonchev–Trinajstić information content (AvgIpc) is 3.03. The van der Waals surface area contributed by atoms with Gasteiger partial charge in [-0.3, -0.25) is 4.79 Å². The van der Waals surface area contributed by atoms with Gasteiger partial charge in [0.1, 0.15) is 0 Å². The van der Waals surface area contributed by atoms with E-state index in [1.807, 2.05) is 48.5 Å². The van der Waals surface area contributed by atoms with Crippen LogP contribution in [0.4, 0.5) is 0 Å². The van der Waals surface area contributed by atoms with Gasteiger partial charge in [0.25, 0.3) is 0 Å². The van der Waals surface area contributed by atoms with Crippen molar-refractivity contribution < 1.29 is 14.3 Å². The molecule has 0 saturated heterocycles. The van der Waals surface area contributed by atoms with Crippen molar-refractivity contribution in [1.29, 1.82) is 0 Å². The minimum absolute atomic E-state index is 0. The third kappa shape index (κ3) is 4.19. The van der Waals surface area contributed by atoms with Gasteiger partial charge >= 0.3 is 0 Å². The Morgan fingerprint density at radius 3 is 2.62 bits per heavy atom. The largest absolute Gasteiger partial charge is 0.454 e. The SMILES string of the molecule is CN(Cc1ccc2c(c1)OCO2)C(=O)CC(N)c1ccccc1.Cl. The maximum atomic E-state index is 12.4.